The number of rotatable bonds is 7. The Balaban J connectivity index is 1.07. The number of hydrogen-bond donors (Lipinski definition) is 0. The molecular formula is C79H89BN2S. The molecular weight excluding hydrogens is 1020 g/mol. The van der Waals surface area contributed by atoms with E-state index in [2.05, 4.69) is 280 Å². The molecule has 83 heavy (non-hydrogen) atoms. The van der Waals surface area contributed by atoms with E-state index < -0.39 is 0 Å². The van der Waals surface area contributed by atoms with Crippen molar-refractivity contribution in [3.8, 4) is 0 Å². The molecule has 0 radical (unpaired) electrons. The molecule has 3 heterocycles. The third-order valence-corrected chi connectivity index (χ3v) is 21.7. The fourth-order valence-corrected chi connectivity index (χ4v) is 16.9. The van der Waals surface area contributed by atoms with Gasteiger partial charge in [0.05, 0.1) is 5.69 Å². The first-order valence-corrected chi connectivity index (χ1v) is 32.1. The first kappa shape index (κ1) is 55.8. The van der Waals surface area contributed by atoms with Crippen molar-refractivity contribution in [2.45, 2.75) is 201 Å². The van der Waals surface area contributed by atoms with Crippen LogP contribution in [0.2, 0.25) is 0 Å². The molecule has 8 aromatic carbocycles. The first-order valence-electron chi connectivity index (χ1n) is 31.3. The zero-order valence-electron chi connectivity index (χ0n) is 53.3. The second-order valence-corrected chi connectivity index (χ2v) is 32.7. The Morgan fingerprint density at radius 3 is 1.55 bits per heavy atom. The number of aryl methyl sites for hydroxylation is 2. The van der Waals surface area contributed by atoms with Gasteiger partial charge < -0.3 is 9.80 Å². The SMILES string of the molecule is Cc1cc2c(cc1N1c3cc4c(cc3B3c5ccc(CCC(c6ccc(C(C)(C)C)cc6)c6ccc(C(C)(C)C)cc6)cc5N(c5cccc6sc7ccccc7c56)c5cc(C(C)(C)C)cc1c53)C(C)(C)CC4(C)C)C(C)(C)CCC2(C)C. The molecule has 9 aromatic rings. The molecule has 4 heteroatoms. The Hall–Kier alpha value is -6.36. The molecule has 13 rings (SSSR count). The molecule has 0 spiro atoms. The van der Waals surface area contributed by atoms with E-state index in [1.54, 1.807) is 0 Å². The van der Waals surface area contributed by atoms with Crippen LogP contribution in [-0.4, -0.2) is 6.71 Å². The second kappa shape index (κ2) is 18.8. The molecule has 0 fully saturated rings. The van der Waals surface area contributed by atoms with Gasteiger partial charge in [0.1, 0.15) is 0 Å². The molecule has 0 unspecified atom stereocenters. The molecule has 0 bridgehead atoms. The number of hydrogen-bond acceptors (Lipinski definition) is 3. The van der Waals surface area contributed by atoms with Crippen LogP contribution in [0.5, 0.6) is 0 Å². The number of thiophene rings is 1. The molecule has 2 nitrogen and oxygen atoms in total. The van der Waals surface area contributed by atoms with Crippen molar-refractivity contribution in [2.24, 2.45) is 0 Å². The van der Waals surface area contributed by atoms with Gasteiger partial charge in [-0.15, -0.1) is 11.3 Å². The van der Waals surface area contributed by atoms with E-state index in [9.17, 15) is 0 Å². The molecule has 424 valence electrons. The van der Waals surface area contributed by atoms with Gasteiger partial charge in [0.25, 0.3) is 6.71 Å². The van der Waals surface area contributed by atoms with Gasteiger partial charge in [-0.3, -0.25) is 0 Å². The van der Waals surface area contributed by atoms with Crippen molar-refractivity contribution in [3.05, 3.63) is 207 Å². The predicted octanol–water partition coefficient (Wildman–Crippen LogP) is 20.4. The van der Waals surface area contributed by atoms with E-state index in [0.717, 1.165) is 19.3 Å². The maximum absolute atomic E-state index is 2.77. The summed E-state index contributed by atoms with van der Waals surface area (Å²) in [4.78, 5) is 5.52. The Bertz CT molecular complexity index is 4030. The third-order valence-electron chi connectivity index (χ3n) is 20.6. The largest absolute Gasteiger partial charge is 0.311 e. The zero-order chi connectivity index (χ0) is 58.9. The second-order valence-electron chi connectivity index (χ2n) is 31.6. The predicted molar refractivity (Wildman–Crippen MR) is 363 cm³/mol. The van der Waals surface area contributed by atoms with E-state index in [4.69, 9.17) is 0 Å². The summed E-state index contributed by atoms with van der Waals surface area (Å²) in [6, 6.07) is 59.0. The highest BCUT2D eigenvalue weighted by molar-refractivity contribution is 7.26. The Labute approximate surface area is 502 Å². The highest BCUT2D eigenvalue weighted by Crippen LogP contribution is 2.56. The summed E-state index contributed by atoms with van der Waals surface area (Å²) in [7, 11) is 0. The van der Waals surface area contributed by atoms with Gasteiger partial charge >= 0.3 is 0 Å². The molecule has 4 aliphatic rings. The monoisotopic (exact) mass is 1110 g/mol. The van der Waals surface area contributed by atoms with Gasteiger partial charge in [-0.25, -0.2) is 0 Å². The number of nitrogens with zero attached hydrogens (tertiary/aromatic N) is 2. The number of fused-ring (bicyclic) bond motifs is 9. The minimum absolute atomic E-state index is 0.00696. The summed E-state index contributed by atoms with van der Waals surface area (Å²) in [5.41, 5.74) is 27.9. The van der Waals surface area contributed by atoms with Crippen LogP contribution in [0.25, 0.3) is 20.2 Å². The van der Waals surface area contributed by atoms with Gasteiger partial charge in [0.2, 0.25) is 0 Å². The summed E-state index contributed by atoms with van der Waals surface area (Å²) >= 11 is 1.92. The van der Waals surface area contributed by atoms with E-state index in [1.165, 1.54) is 145 Å². The fourth-order valence-electron chi connectivity index (χ4n) is 15.8. The molecule has 2 aliphatic heterocycles. The van der Waals surface area contributed by atoms with Crippen LogP contribution in [0.3, 0.4) is 0 Å². The first-order chi connectivity index (χ1) is 38.9. The zero-order valence-corrected chi connectivity index (χ0v) is 54.2. The maximum Gasteiger partial charge on any atom is 0.252 e. The number of benzene rings is 8. The summed E-state index contributed by atoms with van der Waals surface area (Å²) in [6.45, 7) is 43.5. The van der Waals surface area contributed by atoms with Crippen LogP contribution in [0.15, 0.2) is 146 Å². The molecule has 0 amide bonds. The summed E-state index contributed by atoms with van der Waals surface area (Å²) in [5, 5.41) is 2.66. The van der Waals surface area contributed by atoms with Crippen molar-refractivity contribution in [2.75, 3.05) is 9.80 Å². The molecule has 2 aliphatic carbocycles. The minimum Gasteiger partial charge on any atom is -0.311 e. The van der Waals surface area contributed by atoms with E-state index in [0.29, 0.717) is 0 Å². The lowest BCUT2D eigenvalue weighted by atomic mass is 9.33. The van der Waals surface area contributed by atoms with Crippen LogP contribution >= 0.6 is 11.3 Å². The van der Waals surface area contributed by atoms with Crippen molar-refractivity contribution in [1.29, 1.82) is 0 Å². The van der Waals surface area contributed by atoms with Gasteiger partial charge in [0.15, 0.2) is 0 Å². The summed E-state index contributed by atoms with van der Waals surface area (Å²) in [6.07, 6.45) is 5.42. The van der Waals surface area contributed by atoms with E-state index in [-0.39, 0.29) is 50.5 Å². The minimum atomic E-state index is -0.145. The van der Waals surface area contributed by atoms with Gasteiger partial charge in [-0.2, -0.15) is 0 Å². The molecule has 0 saturated heterocycles. The van der Waals surface area contributed by atoms with Gasteiger partial charge in [-0.05, 0) is 203 Å². The number of anilines is 6. The molecule has 0 saturated carbocycles. The van der Waals surface area contributed by atoms with Gasteiger partial charge in [0, 0.05) is 54.5 Å². The lowest BCUT2D eigenvalue weighted by Crippen LogP contribution is -2.61. The maximum atomic E-state index is 2.77. The standard InChI is InChI=1S/C79H89BN2S/c1-48-40-57-59(77(13,14)39-38-76(57,11)12)45-64(48)82-66-46-60-58(78(15,16)47-79(60,17)18)44-62(66)80-61-37-27-49(26-36-55(50-28-32-52(33-29-50)73(2,3)4)51-30-34-53(35-31-51)74(5,6)7)41-65(61)81(67-42-54(75(8,9)10)43-68(82)72(67)80)63-23-21-25-70-71(63)56-22-19-20-24-69(56)83-70/h19-25,27-35,37,40-46,55H,26,36,38-39,47H2,1-18H3. The van der Waals surface area contributed by atoms with Gasteiger partial charge in [-0.1, -0.05) is 215 Å². The highest BCUT2D eigenvalue weighted by Gasteiger charge is 2.49. The highest BCUT2D eigenvalue weighted by atomic mass is 32.1. The average Bonchev–Trinajstić information content (AvgIpc) is 1.65. The average molecular weight is 1110 g/mol. The topological polar surface area (TPSA) is 6.48 Å². The van der Waals surface area contributed by atoms with Crippen LogP contribution in [-0.2, 0) is 44.3 Å². The third kappa shape index (κ3) is 9.16. The van der Waals surface area contributed by atoms with Crippen molar-refractivity contribution in [1.82, 2.24) is 0 Å². The van der Waals surface area contributed by atoms with Crippen molar-refractivity contribution in [3.63, 3.8) is 0 Å². The summed E-state index contributed by atoms with van der Waals surface area (Å²) < 4.78 is 2.65. The molecule has 0 atom stereocenters. The van der Waals surface area contributed by atoms with Crippen molar-refractivity contribution < 1.29 is 0 Å². The normalized spacial score (nSPS) is 17.4. The summed E-state index contributed by atoms with van der Waals surface area (Å²) in [5.74, 6) is 0.239. The van der Waals surface area contributed by atoms with Crippen LogP contribution in [0.4, 0.5) is 34.1 Å². The van der Waals surface area contributed by atoms with Crippen molar-refractivity contribution >= 4 is 88.7 Å². The lowest BCUT2D eigenvalue weighted by Gasteiger charge is -2.47. The van der Waals surface area contributed by atoms with E-state index in [1.807, 2.05) is 11.3 Å². The molecule has 0 N–H and O–H groups in total. The van der Waals surface area contributed by atoms with Crippen LogP contribution in [0.1, 0.15) is 211 Å². The Kier molecular flexibility index (Phi) is 12.7. The quantitative estimate of drug-likeness (QED) is 0.147. The van der Waals surface area contributed by atoms with E-state index >= 15 is 0 Å². The Morgan fingerprint density at radius 1 is 0.458 bits per heavy atom. The Morgan fingerprint density at radius 2 is 0.964 bits per heavy atom. The van der Waals surface area contributed by atoms with Crippen LogP contribution in [0, 0.1) is 6.92 Å². The lowest BCUT2D eigenvalue weighted by molar-refractivity contribution is 0.332. The smallest absolute Gasteiger partial charge is 0.252 e. The molecule has 1 aromatic heterocycles. The van der Waals surface area contributed by atoms with Crippen LogP contribution < -0.4 is 26.2 Å². The fraction of sp³-hybridized carbons (Fsp3) is 0.392.